The van der Waals surface area contributed by atoms with Gasteiger partial charge in [-0.15, -0.1) is 0 Å². The molecule has 1 aliphatic heterocycles. The molecule has 0 fully saturated rings. The molecule has 1 unspecified atom stereocenters. The third-order valence-electron chi connectivity index (χ3n) is 6.73. The van der Waals surface area contributed by atoms with E-state index in [1.54, 1.807) is 6.07 Å². The molecule has 0 aliphatic carbocycles. The second kappa shape index (κ2) is 11.2. The van der Waals surface area contributed by atoms with Gasteiger partial charge in [0.2, 0.25) is 5.91 Å². The molecule has 1 aromatic heterocycles. The van der Waals surface area contributed by atoms with Crippen molar-refractivity contribution in [3.05, 3.63) is 59.3 Å². The number of para-hydroxylation sites is 1. The van der Waals surface area contributed by atoms with Gasteiger partial charge < -0.3 is 24.6 Å². The maximum absolute atomic E-state index is 13.5. The fraction of sp³-hybridized carbons (Fsp3) is 0.483. The lowest BCUT2D eigenvalue weighted by molar-refractivity contribution is -0.136. The Morgan fingerprint density at radius 1 is 1.20 bits per heavy atom. The number of carbonyl (C=O) groups excluding carboxylic acids is 1. The van der Waals surface area contributed by atoms with E-state index in [9.17, 15) is 9.90 Å². The van der Waals surface area contributed by atoms with Crippen molar-refractivity contribution in [2.24, 2.45) is 18.9 Å². The summed E-state index contributed by atoms with van der Waals surface area (Å²) in [5, 5.41) is 15.3. The number of rotatable bonds is 9. The summed E-state index contributed by atoms with van der Waals surface area (Å²) in [5.74, 6) is 1.12. The zero-order valence-electron chi connectivity index (χ0n) is 21.5. The Hall–Kier alpha value is -2.99. The average Bonchev–Trinajstić information content (AvgIpc) is 3.04. The van der Waals surface area contributed by atoms with E-state index >= 15 is 0 Å². The van der Waals surface area contributed by atoms with Gasteiger partial charge in [-0.25, -0.2) is 0 Å². The first kappa shape index (κ1) is 25.1. The van der Waals surface area contributed by atoms with Crippen molar-refractivity contribution in [3.8, 4) is 11.5 Å². The Labute approximate surface area is 208 Å². The molecule has 35 heavy (non-hydrogen) atoms. The van der Waals surface area contributed by atoms with Gasteiger partial charge in [0, 0.05) is 45.3 Å². The van der Waals surface area contributed by atoms with Crippen LogP contribution in [-0.4, -0.2) is 40.2 Å². The first-order chi connectivity index (χ1) is 16.8. The summed E-state index contributed by atoms with van der Waals surface area (Å²) in [5.41, 5.74) is 4.46. The molecule has 0 spiro atoms. The van der Waals surface area contributed by atoms with Crippen molar-refractivity contribution in [2.75, 3.05) is 19.7 Å². The fourth-order valence-electron chi connectivity index (χ4n) is 5.07. The third kappa shape index (κ3) is 5.99. The molecular weight excluding hydrogens is 438 g/mol. The number of ether oxygens (including phenoxy) is 1. The van der Waals surface area contributed by atoms with Gasteiger partial charge in [-0.2, -0.15) is 0 Å². The molecule has 2 heterocycles. The Morgan fingerprint density at radius 2 is 2.03 bits per heavy atom. The highest BCUT2D eigenvalue weighted by Gasteiger charge is 2.23. The van der Waals surface area contributed by atoms with Gasteiger partial charge in [0.15, 0.2) is 11.5 Å². The summed E-state index contributed by atoms with van der Waals surface area (Å²) < 4.78 is 7.90. The number of fused-ring (bicyclic) bond motifs is 2. The normalized spacial score (nSPS) is 14.4. The molecule has 0 bridgehead atoms. The minimum absolute atomic E-state index is 0.133. The number of benzene rings is 2. The van der Waals surface area contributed by atoms with E-state index in [0.717, 1.165) is 36.9 Å². The predicted molar refractivity (Wildman–Crippen MR) is 141 cm³/mol. The summed E-state index contributed by atoms with van der Waals surface area (Å²) in [6, 6.07) is 12.3. The van der Waals surface area contributed by atoms with E-state index in [4.69, 9.17) is 4.74 Å². The van der Waals surface area contributed by atoms with Crippen LogP contribution in [0.15, 0.2) is 42.6 Å². The van der Waals surface area contributed by atoms with Crippen LogP contribution in [0.2, 0.25) is 0 Å². The number of aromatic hydroxyl groups is 1. The third-order valence-corrected chi connectivity index (χ3v) is 6.73. The minimum atomic E-state index is -0.154. The van der Waals surface area contributed by atoms with Crippen LogP contribution in [0.1, 0.15) is 50.3 Å². The molecule has 0 radical (unpaired) electrons. The molecule has 6 nitrogen and oxygen atoms in total. The Morgan fingerprint density at radius 3 is 2.83 bits per heavy atom. The van der Waals surface area contributed by atoms with Gasteiger partial charge in [-0.05, 0) is 59.4 Å². The van der Waals surface area contributed by atoms with E-state index in [1.165, 1.54) is 16.5 Å². The molecule has 188 valence electrons. The average molecular weight is 478 g/mol. The van der Waals surface area contributed by atoms with Crippen molar-refractivity contribution < 1.29 is 14.6 Å². The molecule has 2 aromatic carbocycles. The van der Waals surface area contributed by atoms with Crippen LogP contribution >= 0.6 is 0 Å². The molecule has 1 atom stereocenters. The lowest BCUT2D eigenvalue weighted by atomic mass is 10.0. The summed E-state index contributed by atoms with van der Waals surface area (Å²) >= 11 is 0. The van der Waals surface area contributed by atoms with E-state index in [0.29, 0.717) is 37.9 Å². The van der Waals surface area contributed by atoms with Crippen molar-refractivity contribution in [1.29, 1.82) is 0 Å². The zero-order chi connectivity index (χ0) is 24.9. The Balaban J connectivity index is 1.42. The lowest BCUT2D eigenvalue weighted by Crippen LogP contribution is -2.40. The molecule has 2 N–H and O–H groups in total. The van der Waals surface area contributed by atoms with Gasteiger partial charge in [-0.3, -0.25) is 4.79 Å². The topological polar surface area (TPSA) is 66.7 Å². The number of hydrogen-bond acceptors (Lipinski definition) is 4. The quantitative estimate of drug-likeness (QED) is 0.455. The number of nitrogens with zero attached hydrogens (tertiary/aromatic N) is 2. The first-order valence-corrected chi connectivity index (χ1v) is 12.8. The number of nitrogens with one attached hydrogen (secondary N) is 1. The molecule has 3 aromatic rings. The predicted octanol–water partition coefficient (Wildman–Crippen LogP) is 5.01. The number of hydrogen-bond donors (Lipinski definition) is 2. The van der Waals surface area contributed by atoms with Crippen molar-refractivity contribution in [2.45, 2.75) is 53.1 Å². The van der Waals surface area contributed by atoms with E-state index in [-0.39, 0.29) is 17.6 Å². The highest BCUT2D eigenvalue weighted by molar-refractivity contribution is 5.83. The maximum atomic E-state index is 13.5. The summed E-state index contributed by atoms with van der Waals surface area (Å²) in [7, 11) is 2.06. The number of aromatic nitrogens is 1. The Kier molecular flexibility index (Phi) is 8.01. The SMILES string of the molecule is CC(C)CN(Cc1cc(O)c2c(c1)CCCCO2)C(=O)C(C)CNCc1cccc2ccn(C)c12. The lowest BCUT2D eigenvalue weighted by Gasteiger charge is -2.28. The standard InChI is InChI=1S/C29H39N3O3/c1-20(2)18-32(19-22-14-24-8-5-6-13-35-28(24)26(33)15-22)29(34)21(3)16-30-17-25-10-7-9-23-11-12-31(4)27(23)25/h7,9-12,14-15,20-21,30,33H,5-6,8,13,16-19H2,1-4H3. The van der Waals surface area contributed by atoms with Crippen molar-refractivity contribution >= 4 is 16.8 Å². The fourth-order valence-corrected chi connectivity index (χ4v) is 5.07. The van der Waals surface area contributed by atoms with Gasteiger partial charge in [0.05, 0.1) is 12.1 Å². The molecule has 0 saturated heterocycles. The largest absolute Gasteiger partial charge is 0.504 e. The molecule has 4 rings (SSSR count). The summed E-state index contributed by atoms with van der Waals surface area (Å²) in [6.07, 6.45) is 5.01. The zero-order valence-corrected chi connectivity index (χ0v) is 21.5. The maximum Gasteiger partial charge on any atom is 0.226 e. The van der Waals surface area contributed by atoms with Gasteiger partial charge in [-0.1, -0.05) is 45.0 Å². The second-order valence-corrected chi connectivity index (χ2v) is 10.3. The van der Waals surface area contributed by atoms with E-state index in [2.05, 4.69) is 67.3 Å². The van der Waals surface area contributed by atoms with Gasteiger partial charge in [0.1, 0.15) is 0 Å². The van der Waals surface area contributed by atoms with Crippen LogP contribution in [0.3, 0.4) is 0 Å². The number of amides is 1. The van der Waals surface area contributed by atoms with Gasteiger partial charge in [0.25, 0.3) is 0 Å². The minimum Gasteiger partial charge on any atom is -0.504 e. The second-order valence-electron chi connectivity index (χ2n) is 10.3. The van der Waals surface area contributed by atoms with Crippen molar-refractivity contribution in [1.82, 2.24) is 14.8 Å². The van der Waals surface area contributed by atoms with Crippen LogP contribution in [0, 0.1) is 11.8 Å². The highest BCUT2D eigenvalue weighted by Crippen LogP contribution is 2.35. The number of phenols is 1. The molecule has 0 saturated carbocycles. The number of phenolic OH excluding ortho intramolecular Hbond substituents is 1. The van der Waals surface area contributed by atoms with Crippen LogP contribution in [-0.2, 0) is 31.4 Å². The molecule has 1 amide bonds. The summed E-state index contributed by atoms with van der Waals surface area (Å²) in [6.45, 7) is 9.39. The van der Waals surface area contributed by atoms with Crippen LogP contribution in [0.25, 0.3) is 10.9 Å². The Bertz CT molecular complexity index is 1170. The molecule has 1 aliphatic rings. The number of aryl methyl sites for hydroxylation is 2. The van der Waals surface area contributed by atoms with Crippen LogP contribution in [0.4, 0.5) is 0 Å². The van der Waals surface area contributed by atoms with Crippen LogP contribution in [0.5, 0.6) is 11.5 Å². The van der Waals surface area contributed by atoms with Gasteiger partial charge >= 0.3 is 0 Å². The smallest absolute Gasteiger partial charge is 0.226 e. The van der Waals surface area contributed by atoms with Crippen molar-refractivity contribution in [3.63, 3.8) is 0 Å². The molecule has 6 heteroatoms. The van der Waals surface area contributed by atoms with E-state index < -0.39 is 0 Å². The van der Waals surface area contributed by atoms with Crippen LogP contribution < -0.4 is 10.1 Å². The first-order valence-electron chi connectivity index (χ1n) is 12.8. The highest BCUT2D eigenvalue weighted by atomic mass is 16.5. The monoisotopic (exact) mass is 477 g/mol. The molecular formula is C29H39N3O3. The number of carbonyl (C=O) groups is 1. The summed E-state index contributed by atoms with van der Waals surface area (Å²) in [4.78, 5) is 15.4. The van der Waals surface area contributed by atoms with E-state index in [1.807, 2.05) is 11.8 Å².